The fourth-order valence-electron chi connectivity index (χ4n) is 3.25. The third-order valence-electron chi connectivity index (χ3n) is 4.66. The van der Waals surface area contributed by atoms with E-state index in [4.69, 9.17) is 0 Å². The van der Waals surface area contributed by atoms with Gasteiger partial charge in [-0.1, -0.05) is 25.7 Å². The van der Waals surface area contributed by atoms with Gasteiger partial charge in [-0.25, -0.2) is 12.8 Å². The first-order valence-electron chi connectivity index (χ1n) is 9.00. The lowest BCUT2D eigenvalue weighted by molar-refractivity contribution is -0.121. The number of hydrogen-bond donors (Lipinski definition) is 2. The Morgan fingerprint density at radius 1 is 1.22 bits per heavy atom. The maximum Gasteiger partial charge on any atom is 0.261 e. The van der Waals surface area contributed by atoms with Crippen LogP contribution in [0.4, 0.5) is 10.1 Å². The molecule has 9 heteroatoms. The number of hydrogen-bond acceptors (Lipinski definition) is 4. The Labute approximate surface area is 158 Å². The molecule has 0 saturated heterocycles. The molecule has 1 saturated carbocycles. The molecule has 2 aromatic rings. The molecular weight excluding hydrogens is 371 g/mol. The minimum absolute atomic E-state index is 0.0168. The molecule has 0 unspecified atom stereocenters. The van der Waals surface area contributed by atoms with Crippen LogP contribution in [0.5, 0.6) is 0 Å². The van der Waals surface area contributed by atoms with E-state index in [2.05, 4.69) is 15.1 Å². The number of amides is 1. The molecule has 1 fully saturated rings. The van der Waals surface area contributed by atoms with Gasteiger partial charge in [-0.3, -0.25) is 14.2 Å². The van der Waals surface area contributed by atoms with E-state index in [1.54, 1.807) is 0 Å². The molecule has 0 atom stereocenters. The van der Waals surface area contributed by atoms with Crippen LogP contribution < -0.4 is 10.0 Å². The Bertz CT molecular complexity index is 874. The zero-order valence-electron chi connectivity index (χ0n) is 14.9. The second-order valence-electron chi connectivity index (χ2n) is 6.78. The number of sulfonamides is 1. The molecule has 2 N–H and O–H groups in total. The summed E-state index contributed by atoms with van der Waals surface area (Å²) in [5, 5.41) is 6.88. The van der Waals surface area contributed by atoms with Crippen molar-refractivity contribution in [2.24, 2.45) is 5.92 Å². The fraction of sp³-hybridized carbons (Fsp3) is 0.444. The van der Waals surface area contributed by atoms with Crippen molar-refractivity contribution in [3.8, 4) is 0 Å². The van der Waals surface area contributed by atoms with Gasteiger partial charge in [0.1, 0.15) is 12.4 Å². The lowest BCUT2D eigenvalue weighted by Crippen LogP contribution is -2.29. The molecule has 7 nitrogen and oxygen atoms in total. The highest BCUT2D eigenvalue weighted by Gasteiger charge is 2.16. The van der Waals surface area contributed by atoms with Crippen molar-refractivity contribution in [1.29, 1.82) is 0 Å². The maximum atomic E-state index is 12.9. The highest BCUT2D eigenvalue weighted by Crippen LogP contribution is 2.26. The number of aromatic nitrogens is 2. The molecule has 1 aliphatic carbocycles. The van der Waals surface area contributed by atoms with Gasteiger partial charge in [-0.2, -0.15) is 5.10 Å². The van der Waals surface area contributed by atoms with Crippen molar-refractivity contribution >= 4 is 21.6 Å². The van der Waals surface area contributed by atoms with Crippen LogP contribution in [0.25, 0.3) is 0 Å². The standard InChI is InChI=1S/C18H23FN4O3S/c19-15-5-7-17(8-6-15)27(25,26)22-16-11-21-23(12-16)13-18(24)20-10-9-14-3-1-2-4-14/h5-8,11-12,14,22H,1-4,9-10,13H2,(H,20,24). The Kier molecular flexibility index (Phi) is 6.10. The van der Waals surface area contributed by atoms with E-state index in [1.807, 2.05) is 0 Å². The largest absolute Gasteiger partial charge is 0.354 e. The van der Waals surface area contributed by atoms with E-state index < -0.39 is 15.8 Å². The molecule has 1 aliphatic rings. The topological polar surface area (TPSA) is 93.1 Å². The smallest absolute Gasteiger partial charge is 0.261 e. The van der Waals surface area contributed by atoms with Crippen LogP contribution in [0.2, 0.25) is 0 Å². The molecule has 27 heavy (non-hydrogen) atoms. The van der Waals surface area contributed by atoms with E-state index in [9.17, 15) is 17.6 Å². The van der Waals surface area contributed by atoms with Gasteiger partial charge in [0.05, 0.1) is 16.8 Å². The number of carbonyl (C=O) groups excluding carboxylic acids is 1. The lowest BCUT2D eigenvalue weighted by atomic mass is 10.0. The number of anilines is 1. The second-order valence-corrected chi connectivity index (χ2v) is 8.46. The first-order valence-corrected chi connectivity index (χ1v) is 10.5. The Morgan fingerprint density at radius 3 is 2.63 bits per heavy atom. The zero-order valence-corrected chi connectivity index (χ0v) is 15.7. The number of halogens is 1. The SMILES string of the molecule is O=C(Cn1cc(NS(=O)(=O)c2ccc(F)cc2)cn1)NCCC1CCCC1. The first-order chi connectivity index (χ1) is 12.9. The van der Waals surface area contributed by atoms with Gasteiger partial charge in [-0.05, 0) is 36.6 Å². The highest BCUT2D eigenvalue weighted by molar-refractivity contribution is 7.92. The van der Waals surface area contributed by atoms with Gasteiger partial charge in [0, 0.05) is 12.7 Å². The highest BCUT2D eigenvalue weighted by atomic mass is 32.2. The van der Waals surface area contributed by atoms with Crippen LogP contribution in [0.15, 0.2) is 41.6 Å². The number of benzene rings is 1. The maximum absolute atomic E-state index is 12.9. The van der Waals surface area contributed by atoms with Crippen LogP contribution in [0, 0.1) is 11.7 Å². The summed E-state index contributed by atoms with van der Waals surface area (Å²) in [7, 11) is -3.84. The predicted molar refractivity (Wildman–Crippen MR) is 99.0 cm³/mol. The minimum Gasteiger partial charge on any atom is -0.354 e. The van der Waals surface area contributed by atoms with Crippen LogP contribution in [-0.4, -0.2) is 30.7 Å². The quantitative estimate of drug-likeness (QED) is 0.719. The molecule has 0 aliphatic heterocycles. The summed E-state index contributed by atoms with van der Waals surface area (Å²) in [4.78, 5) is 11.9. The number of nitrogens with one attached hydrogen (secondary N) is 2. The van der Waals surface area contributed by atoms with Gasteiger partial charge < -0.3 is 5.32 Å². The summed E-state index contributed by atoms with van der Waals surface area (Å²) in [5.41, 5.74) is 0.234. The van der Waals surface area contributed by atoms with E-state index in [-0.39, 0.29) is 23.0 Å². The van der Waals surface area contributed by atoms with Gasteiger partial charge in [0.15, 0.2) is 0 Å². The van der Waals surface area contributed by atoms with Gasteiger partial charge in [0.2, 0.25) is 5.91 Å². The van der Waals surface area contributed by atoms with Crippen LogP contribution in [0.1, 0.15) is 32.1 Å². The second kappa shape index (κ2) is 8.51. The lowest BCUT2D eigenvalue weighted by Gasteiger charge is -2.09. The molecule has 1 aromatic heterocycles. The average Bonchev–Trinajstić information content (AvgIpc) is 3.27. The first kappa shape index (κ1) is 19.3. The monoisotopic (exact) mass is 394 g/mol. The fourth-order valence-corrected chi connectivity index (χ4v) is 4.28. The Hall–Kier alpha value is -2.42. The van der Waals surface area contributed by atoms with E-state index in [0.29, 0.717) is 12.5 Å². The molecule has 1 amide bonds. The summed E-state index contributed by atoms with van der Waals surface area (Å²) in [6.07, 6.45) is 8.81. The minimum atomic E-state index is -3.84. The number of nitrogens with zero attached hydrogens (tertiary/aromatic N) is 2. The Balaban J connectivity index is 1.50. The van der Waals surface area contributed by atoms with Gasteiger partial charge in [0.25, 0.3) is 10.0 Å². The van der Waals surface area contributed by atoms with Crippen molar-refractivity contribution < 1.29 is 17.6 Å². The third kappa shape index (κ3) is 5.53. The van der Waals surface area contributed by atoms with Gasteiger partial charge >= 0.3 is 0 Å². The van der Waals surface area contributed by atoms with Crippen molar-refractivity contribution in [2.45, 2.75) is 43.5 Å². The molecule has 0 radical (unpaired) electrons. The molecule has 1 heterocycles. The molecule has 3 rings (SSSR count). The predicted octanol–water partition coefficient (Wildman–Crippen LogP) is 2.52. The summed E-state index contributed by atoms with van der Waals surface area (Å²) >= 11 is 0. The molecule has 146 valence electrons. The molecule has 0 bridgehead atoms. The molecule has 1 aromatic carbocycles. The van der Waals surface area contributed by atoms with Gasteiger partial charge in [-0.15, -0.1) is 0 Å². The van der Waals surface area contributed by atoms with Crippen LogP contribution in [0.3, 0.4) is 0 Å². The van der Waals surface area contributed by atoms with E-state index in [1.165, 1.54) is 54.9 Å². The normalized spacial score (nSPS) is 15.0. The number of carbonyl (C=O) groups is 1. The van der Waals surface area contributed by atoms with E-state index in [0.717, 1.165) is 18.6 Å². The van der Waals surface area contributed by atoms with E-state index >= 15 is 0 Å². The summed E-state index contributed by atoms with van der Waals surface area (Å²) in [6.45, 7) is 0.664. The Morgan fingerprint density at radius 2 is 1.93 bits per heavy atom. The number of rotatable bonds is 8. The molecule has 0 spiro atoms. The summed E-state index contributed by atoms with van der Waals surface area (Å²) in [5.74, 6) is 0.0345. The van der Waals surface area contributed by atoms with Crippen molar-refractivity contribution in [3.63, 3.8) is 0 Å². The van der Waals surface area contributed by atoms with Crippen LogP contribution >= 0.6 is 0 Å². The zero-order chi connectivity index (χ0) is 19.3. The third-order valence-corrected chi connectivity index (χ3v) is 6.06. The summed E-state index contributed by atoms with van der Waals surface area (Å²) in [6, 6.07) is 4.52. The van der Waals surface area contributed by atoms with Crippen LogP contribution in [-0.2, 0) is 21.4 Å². The van der Waals surface area contributed by atoms with Crippen molar-refractivity contribution in [2.75, 3.05) is 11.3 Å². The van der Waals surface area contributed by atoms with Crippen molar-refractivity contribution in [3.05, 3.63) is 42.5 Å². The summed E-state index contributed by atoms with van der Waals surface area (Å²) < 4.78 is 41.2. The van der Waals surface area contributed by atoms with Crippen molar-refractivity contribution in [1.82, 2.24) is 15.1 Å². The molecular formula is C18H23FN4O3S. The average molecular weight is 394 g/mol.